The second-order valence-corrected chi connectivity index (χ2v) is 6.85. The van der Waals surface area contributed by atoms with E-state index in [1.165, 1.54) is 19.1 Å². The standard InChI is InChI=1S/C20H25ClN2O4/c1-13(2)8-9-27-19-16(21)10-14(11-17(19)25-4)20(24)23(3)15-6-7-18(26-5)22-12-15/h6-7,10-13H,8-9H2,1-5H3. The summed E-state index contributed by atoms with van der Waals surface area (Å²) in [5.74, 6) is 1.63. The summed E-state index contributed by atoms with van der Waals surface area (Å²) in [7, 11) is 4.72. The number of methoxy groups -OCH3 is 2. The number of rotatable bonds is 8. The fourth-order valence-electron chi connectivity index (χ4n) is 2.38. The Hall–Kier alpha value is -2.47. The lowest BCUT2D eigenvalue weighted by Crippen LogP contribution is -2.26. The van der Waals surface area contributed by atoms with Crippen molar-refractivity contribution in [2.24, 2.45) is 5.92 Å². The lowest BCUT2D eigenvalue weighted by molar-refractivity contribution is 0.0992. The molecule has 146 valence electrons. The van der Waals surface area contributed by atoms with Crippen molar-refractivity contribution < 1.29 is 19.0 Å². The second kappa shape index (κ2) is 9.46. The molecule has 0 aliphatic carbocycles. The minimum absolute atomic E-state index is 0.240. The van der Waals surface area contributed by atoms with Gasteiger partial charge < -0.3 is 19.1 Å². The Morgan fingerprint density at radius 2 is 1.96 bits per heavy atom. The zero-order chi connectivity index (χ0) is 20.0. The second-order valence-electron chi connectivity index (χ2n) is 6.44. The van der Waals surface area contributed by atoms with Gasteiger partial charge in [0.25, 0.3) is 5.91 Å². The average Bonchev–Trinajstić information content (AvgIpc) is 2.67. The number of pyridine rings is 1. The number of benzene rings is 1. The number of halogens is 1. The van der Waals surface area contributed by atoms with Gasteiger partial charge in [-0.15, -0.1) is 0 Å². The fraction of sp³-hybridized carbons (Fsp3) is 0.400. The minimum atomic E-state index is -0.240. The maximum absolute atomic E-state index is 12.8. The predicted octanol–water partition coefficient (Wildman–Crippen LogP) is 4.45. The van der Waals surface area contributed by atoms with Gasteiger partial charge in [-0.1, -0.05) is 25.4 Å². The van der Waals surface area contributed by atoms with E-state index in [4.69, 9.17) is 25.8 Å². The topological polar surface area (TPSA) is 60.9 Å². The molecular formula is C20H25ClN2O4. The van der Waals surface area contributed by atoms with Crippen LogP contribution < -0.4 is 19.1 Å². The molecule has 27 heavy (non-hydrogen) atoms. The van der Waals surface area contributed by atoms with E-state index in [0.717, 1.165) is 6.42 Å². The lowest BCUT2D eigenvalue weighted by atomic mass is 10.1. The minimum Gasteiger partial charge on any atom is -0.493 e. The summed E-state index contributed by atoms with van der Waals surface area (Å²) in [5.41, 5.74) is 1.03. The van der Waals surface area contributed by atoms with E-state index in [0.29, 0.717) is 46.2 Å². The Balaban J connectivity index is 2.23. The number of ether oxygens (including phenoxy) is 3. The largest absolute Gasteiger partial charge is 0.493 e. The number of hydrogen-bond donors (Lipinski definition) is 0. The van der Waals surface area contributed by atoms with Gasteiger partial charge in [-0.05, 0) is 30.5 Å². The molecule has 0 saturated heterocycles. The van der Waals surface area contributed by atoms with Crippen LogP contribution in [0.2, 0.25) is 5.02 Å². The quantitative estimate of drug-likeness (QED) is 0.664. The highest BCUT2D eigenvalue weighted by molar-refractivity contribution is 6.32. The summed E-state index contributed by atoms with van der Waals surface area (Å²) < 4.78 is 16.2. The maximum atomic E-state index is 12.8. The van der Waals surface area contributed by atoms with Crippen LogP contribution in [0.15, 0.2) is 30.5 Å². The number of anilines is 1. The molecule has 0 aliphatic rings. The van der Waals surface area contributed by atoms with Crippen molar-refractivity contribution in [1.82, 2.24) is 4.98 Å². The van der Waals surface area contributed by atoms with Crippen LogP contribution in [0.5, 0.6) is 17.4 Å². The van der Waals surface area contributed by atoms with Crippen LogP contribution in [0.1, 0.15) is 30.6 Å². The summed E-state index contributed by atoms with van der Waals surface area (Å²) in [6, 6.07) is 6.67. The average molecular weight is 393 g/mol. The summed E-state index contributed by atoms with van der Waals surface area (Å²) in [6.45, 7) is 4.76. The third-order valence-electron chi connectivity index (χ3n) is 4.04. The molecule has 0 atom stereocenters. The van der Waals surface area contributed by atoms with Crippen LogP contribution in [0, 0.1) is 5.92 Å². The molecule has 6 nitrogen and oxygen atoms in total. The van der Waals surface area contributed by atoms with Crippen molar-refractivity contribution in [3.8, 4) is 17.4 Å². The third-order valence-corrected chi connectivity index (χ3v) is 4.32. The van der Waals surface area contributed by atoms with E-state index in [1.54, 1.807) is 37.5 Å². The monoisotopic (exact) mass is 392 g/mol. The Kier molecular flexibility index (Phi) is 7.30. The van der Waals surface area contributed by atoms with Gasteiger partial charge in [0.05, 0.1) is 37.7 Å². The first-order valence-electron chi connectivity index (χ1n) is 8.65. The van der Waals surface area contributed by atoms with Crippen LogP contribution in [0.4, 0.5) is 5.69 Å². The molecule has 7 heteroatoms. The Labute approximate surface area is 165 Å². The van der Waals surface area contributed by atoms with Gasteiger partial charge >= 0.3 is 0 Å². The molecule has 0 fully saturated rings. The predicted molar refractivity (Wildman–Crippen MR) is 106 cm³/mol. The van der Waals surface area contributed by atoms with Crippen LogP contribution in [0.3, 0.4) is 0 Å². The first kappa shape index (κ1) is 20.8. The smallest absolute Gasteiger partial charge is 0.258 e. The van der Waals surface area contributed by atoms with E-state index in [1.807, 2.05) is 0 Å². The maximum Gasteiger partial charge on any atom is 0.258 e. The molecule has 2 aromatic rings. The van der Waals surface area contributed by atoms with Gasteiger partial charge in [-0.2, -0.15) is 0 Å². The highest BCUT2D eigenvalue weighted by Gasteiger charge is 2.19. The van der Waals surface area contributed by atoms with Gasteiger partial charge in [0.1, 0.15) is 0 Å². The van der Waals surface area contributed by atoms with Gasteiger partial charge in [-0.25, -0.2) is 4.98 Å². The van der Waals surface area contributed by atoms with Gasteiger partial charge in [0, 0.05) is 18.7 Å². The van der Waals surface area contributed by atoms with Crippen LogP contribution in [-0.4, -0.2) is 38.8 Å². The first-order valence-corrected chi connectivity index (χ1v) is 9.03. The number of carbonyl (C=O) groups is 1. The molecule has 0 spiro atoms. The van der Waals surface area contributed by atoms with Crippen molar-refractivity contribution in [2.45, 2.75) is 20.3 Å². The molecule has 1 aromatic carbocycles. The summed E-state index contributed by atoms with van der Waals surface area (Å²) in [5, 5.41) is 0.336. The number of amides is 1. The highest BCUT2D eigenvalue weighted by Crippen LogP contribution is 2.37. The van der Waals surface area contributed by atoms with E-state index < -0.39 is 0 Å². The fourth-order valence-corrected chi connectivity index (χ4v) is 2.65. The number of hydrogen-bond acceptors (Lipinski definition) is 5. The highest BCUT2D eigenvalue weighted by atomic mass is 35.5. The molecule has 0 N–H and O–H groups in total. The SMILES string of the molecule is COc1ccc(N(C)C(=O)c2cc(Cl)c(OCCC(C)C)c(OC)c2)cn1. The number of aromatic nitrogens is 1. The number of nitrogens with zero attached hydrogens (tertiary/aromatic N) is 2. The van der Waals surface area contributed by atoms with E-state index in [9.17, 15) is 4.79 Å². The Morgan fingerprint density at radius 1 is 1.22 bits per heavy atom. The van der Waals surface area contributed by atoms with Crippen molar-refractivity contribution in [3.63, 3.8) is 0 Å². The molecule has 0 radical (unpaired) electrons. The van der Waals surface area contributed by atoms with Gasteiger partial charge in [0.15, 0.2) is 11.5 Å². The molecular weight excluding hydrogens is 368 g/mol. The van der Waals surface area contributed by atoms with Crippen molar-refractivity contribution in [3.05, 3.63) is 41.0 Å². The molecule has 2 rings (SSSR count). The van der Waals surface area contributed by atoms with Crippen LogP contribution in [0.25, 0.3) is 0 Å². The summed E-state index contributed by atoms with van der Waals surface area (Å²) in [6.07, 6.45) is 2.46. The normalized spacial score (nSPS) is 10.6. The van der Waals surface area contributed by atoms with Crippen molar-refractivity contribution in [2.75, 3.05) is 32.8 Å². The summed E-state index contributed by atoms with van der Waals surface area (Å²) >= 11 is 6.36. The molecule has 1 amide bonds. The molecule has 0 aliphatic heterocycles. The number of carbonyl (C=O) groups excluding carboxylic acids is 1. The zero-order valence-corrected chi connectivity index (χ0v) is 17.0. The molecule has 0 saturated carbocycles. The van der Waals surface area contributed by atoms with Crippen molar-refractivity contribution in [1.29, 1.82) is 0 Å². The van der Waals surface area contributed by atoms with Gasteiger partial charge in [0.2, 0.25) is 5.88 Å². The molecule has 0 unspecified atom stereocenters. The van der Waals surface area contributed by atoms with E-state index >= 15 is 0 Å². The molecule has 1 aromatic heterocycles. The van der Waals surface area contributed by atoms with Gasteiger partial charge in [-0.3, -0.25) is 4.79 Å². The van der Waals surface area contributed by atoms with E-state index in [-0.39, 0.29) is 5.91 Å². The Bertz CT molecular complexity index is 778. The molecule has 0 bridgehead atoms. The zero-order valence-electron chi connectivity index (χ0n) is 16.3. The lowest BCUT2D eigenvalue weighted by Gasteiger charge is -2.19. The van der Waals surface area contributed by atoms with Crippen molar-refractivity contribution >= 4 is 23.2 Å². The third kappa shape index (κ3) is 5.26. The first-order chi connectivity index (χ1) is 12.9. The Morgan fingerprint density at radius 3 is 2.52 bits per heavy atom. The molecule has 1 heterocycles. The summed E-state index contributed by atoms with van der Waals surface area (Å²) in [4.78, 5) is 18.5. The van der Waals surface area contributed by atoms with E-state index in [2.05, 4.69) is 18.8 Å². The van der Waals surface area contributed by atoms with Crippen LogP contribution in [-0.2, 0) is 0 Å². The van der Waals surface area contributed by atoms with Crippen LogP contribution >= 0.6 is 11.6 Å².